The maximum Gasteiger partial charge on any atom is 0.341 e. The van der Waals surface area contributed by atoms with Crippen LogP contribution in [-0.4, -0.2) is 54.3 Å². The first-order valence-electron chi connectivity index (χ1n) is 10.3. The number of ether oxygens (including phenoxy) is 1. The van der Waals surface area contributed by atoms with Crippen molar-refractivity contribution in [2.75, 3.05) is 25.0 Å². The summed E-state index contributed by atoms with van der Waals surface area (Å²) in [5, 5.41) is 2.80. The van der Waals surface area contributed by atoms with E-state index in [4.69, 9.17) is 4.74 Å². The zero-order chi connectivity index (χ0) is 22.8. The average molecular weight is 449 g/mol. The Morgan fingerprint density at radius 1 is 1.29 bits per heavy atom. The number of carbonyl (C=O) groups excluding carboxylic acids is 2. The molecule has 10 heteroatoms. The maximum atomic E-state index is 13.5. The molecule has 1 aliphatic heterocycles. The molecule has 168 valence electrons. The molecule has 3 rings (SSSR count). The van der Waals surface area contributed by atoms with Gasteiger partial charge in [-0.3, -0.25) is 4.79 Å². The average Bonchev–Trinajstić information content (AvgIpc) is 3.04. The van der Waals surface area contributed by atoms with E-state index >= 15 is 0 Å². The first-order chi connectivity index (χ1) is 14.7. The summed E-state index contributed by atoms with van der Waals surface area (Å²) in [5.74, 6) is -1.00. The number of H-pyrrole nitrogens is 1. The van der Waals surface area contributed by atoms with Gasteiger partial charge >= 0.3 is 5.97 Å². The number of piperidine rings is 1. The van der Waals surface area contributed by atoms with E-state index in [2.05, 4.69) is 15.3 Å². The van der Waals surface area contributed by atoms with Gasteiger partial charge in [0.25, 0.3) is 0 Å². The summed E-state index contributed by atoms with van der Waals surface area (Å²) < 4.78 is 33.3. The Morgan fingerprint density at radius 3 is 2.71 bits per heavy atom. The van der Waals surface area contributed by atoms with Crippen molar-refractivity contribution in [3.63, 3.8) is 0 Å². The normalized spacial score (nSPS) is 17.4. The maximum absolute atomic E-state index is 13.5. The van der Waals surface area contributed by atoms with Crippen LogP contribution in [0.3, 0.4) is 0 Å². The number of hydrogen-bond acceptors (Lipinski definition) is 6. The molecule has 0 radical (unpaired) electrons. The van der Waals surface area contributed by atoms with Crippen LogP contribution in [0.25, 0.3) is 0 Å². The SMILES string of the molecule is CCOC(=O)c1c(C)[nH]c(C)c1S(=O)(=O)N1CCC[C@H](C(=O)Nc2ncccc2C)C1. The number of esters is 1. The Hall–Kier alpha value is -2.72. The number of sulfonamides is 1. The predicted octanol–water partition coefficient (Wildman–Crippen LogP) is 2.55. The summed E-state index contributed by atoms with van der Waals surface area (Å²) in [7, 11) is -4.01. The molecule has 0 bridgehead atoms. The number of aromatic nitrogens is 2. The predicted molar refractivity (Wildman–Crippen MR) is 115 cm³/mol. The summed E-state index contributed by atoms with van der Waals surface area (Å²) in [6.07, 6.45) is 2.70. The minimum Gasteiger partial charge on any atom is -0.462 e. The summed E-state index contributed by atoms with van der Waals surface area (Å²) in [5.41, 5.74) is 1.66. The van der Waals surface area contributed by atoms with Crippen molar-refractivity contribution >= 4 is 27.7 Å². The van der Waals surface area contributed by atoms with Gasteiger partial charge in [-0.25, -0.2) is 18.2 Å². The highest BCUT2D eigenvalue weighted by Gasteiger charge is 2.38. The monoisotopic (exact) mass is 448 g/mol. The van der Waals surface area contributed by atoms with E-state index in [0.717, 1.165) is 5.56 Å². The zero-order valence-corrected chi connectivity index (χ0v) is 19.0. The molecule has 0 aliphatic carbocycles. The fourth-order valence-electron chi connectivity index (χ4n) is 3.87. The number of anilines is 1. The molecule has 1 fully saturated rings. The molecule has 2 N–H and O–H groups in total. The van der Waals surface area contributed by atoms with Crippen LogP contribution in [0.5, 0.6) is 0 Å². The van der Waals surface area contributed by atoms with E-state index in [-0.39, 0.29) is 36.1 Å². The highest BCUT2D eigenvalue weighted by Crippen LogP contribution is 2.31. The van der Waals surface area contributed by atoms with Gasteiger partial charge in [-0.1, -0.05) is 6.07 Å². The smallest absolute Gasteiger partial charge is 0.341 e. The molecule has 2 aromatic heterocycles. The number of amides is 1. The Bertz CT molecular complexity index is 1090. The minimum atomic E-state index is -4.01. The van der Waals surface area contributed by atoms with Crippen molar-refractivity contribution in [3.8, 4) is 0 Å². The third kappa shape index (κ3) is 4.64. The molecule has 9 nitrogen and oxygen atoms in total. The molecular weight excluding hydrogens is 420 g/mol. The van der Waals surface area contributed by atoms with E-state index in [1.165, 1.54) is 4.31 Å². The number of carbonyl (C=O) groups is 2. The number of hydrogen-bond donors (Lipinski definition) is 2. The number of nitrogens with zero attached hydrogens (tertiary/aromatic N) is 2. The second kappa shape index (κ2) is 9.19. The zero-order valence-electron chi connectivity index (χ0n) is 18.2. The topological polar surface area (TPSA) is 121 Å². The van der Waals surface area contributed by atoms with Crippen LogP contribution in [-0.2, 0) is 19.6 Å². The second-order valence-corrected chi connectivity index (χ2v) is 9.53. The molecule has 1 aliphatic rings. The van der Waals surface area contributed by atoms with Crippen LogP contribution in [0, 0.1) is 26.7 Å². The van der Waals surface area contributed by atoms with Crippen molar-refractivity contribution in [3.05, 3.63) is 40.8 Å². The van der Waals surface area contributed by atoms with Crippen LogP contribution >= 0.6 is 0 Å². The minimum absolute atomic E-state index is 0.0232. The van der Waals surface area contributed by atoms with Gasteiger partial charge in [-0.05, 0) is 52.2 Å². The van der Waals surface area contributed by atoms with Crippen molar-refractivity contribution in [1.29, 1.82) is 0 Å². The van der Waals surface area contributed by atoms with E-state index in [9.17, 15) is 18.0 Å². The van der Waals surface area contributed by atoms with Crippen molar-refractivity contribution in [2.24, 2.45) is 5.92 Å². The van der Waals surface area contributed by atoms with Crippen LogP contribution in [0.2, 0.25) is 0 Å². The lowest BCUT2D eigenvalue weighted by atomic mass is 9.99. The molecule has 31 heavy (non-hydrogen) atoms. The van der Waals surface area contributed by atoms with E-state index in [0.29, 0.717) is 30.0 Å². The van der Waals surface area contributed by atoms with Crippen molar-refractivity contribution in [1.82, 2.24) is 14.3 Å². The summed E-state index contributed by atoms with van der Waals surface area (Å²) in [6, 6.07) is 3.62. The Balaban J connectivity index is 1.85. The van der Waals surface area contributed by atoms with E-state index in [1.807, 2.05) is 13.0 Å². The van der Waals surface area contributed by atoms with Gasteiger partial charge in [0.05, 0.1) is 12.5 Å². The molecule has 3 heterocycles. The number of aromatic amines is 1. The van der Waals surface area contributed by atoms with E-state index < -0.39 is 21.9 Å². The van der Waals surface area contributed by atoms with Gasteiger partial charge in [0.1, 0.15) is 16.3 Å². The molecule has 0 aromatic carbocycles. The molecule has 0 spiro atoms. The molecule has 1 amide bonds. The number of nitrogens with one attached hydrogen (secondary N) is 2. The Morgan fingerprint density at radius 2 is 2.03 bits per heavy atom. The molecule has 1 atom stereocenters. The summed E-state index contributed by atoms with van der Waals surface area (Å²) in [4.78, 5) is 32.3. The van der Waals surface area contributed by atoms with Gasteiger partial charge < -0.3 is 15.0 Å². The van der Waals surface area contributed by atoms with Gasteiger partial charge in [-0.2, -0.15) is 4.31 Å². The highest BCUT2D eigenvalue weighted by molar-refractivity contribution is 7.89. The number of pyridine rings is 1. The molecular formula is C21H28N4O5S. The van der Waals surface area contributed by atoms with Gasteiger partial charge in [0.15, 0.2) is 0 Å². The lowest BCUT2D eigenvalue weighted by molar-refractivity contribution is -0.120. The Labute approximate surface area is 182 Å². The summed E-state index contributed by atoms with van der Waals surface area (Å²) >= 11 is 0. The van der Waals surface area contributed by atoms with Gasteiger partial charge in [-0.15, -0.1) is 0 Å². The quantitative estimate of drug-likeness (QED) is 0.655. The molecule has 2 aromatic rings. The first kappa shape index (κ1) is 23.0. The standard InChI is InChI=1S/C21H28N4O5S/c1-5-30-21(27)17-14(3)23-15(4)18(17)31(28,29)25-11-7-9-16(12-25)20(26)24-19-13(2)8-6-10-22-19/h6,8,10,16,23H,5,7,9,11-12H2,1-4H3,(H,22,24,26)/t16-/m0/s1. The third-order valence-corrected chi connectivity index (χ3v) is 7.44. The van der Waals surface area contributed by atoms with E-state index in [1.54, 1.807) is 33.0 Å². The molecule has 1 saturated heterocycles. The fourth-order valence-corrected chi connectivity index (χ4v) is 5.81. The van der Waals surface area contributed by atoms with Gasteiger partial charge in [0, 0.05) is 30.7 Å². The third-order valence-electron chi connectivity index (χ3n) is 5.40. The largest absolute Gasteiger partial charge is 0.462 e. The Kier molecular flexibility index (Phi) is 6.80. The molecule has 0 saturated carbocycles. The highest BCUT2D eigenvalue weighted by atomic mass is 32.2. The van der Waals surface area contributed by atoms with Crippen LogP contribution < -0.4 is 5.32 Å². The second-order valence-electron chi connectivity index (χ2n) is 7.66. The van der Waals surface area contributed by atoms with Crippen LogP contribution in [0.1, 0.15) is 47.1 Å². The summed E-state index contributed by atoms with van der Waals surface area (Å²) in [6.45, 7) is 7.21. The van der Waals surface area contributed by atoms with Crippen molar-refractivity contribution < 1.29 is 22.7 Å². The lowest BCUT2D eigenvalue weighted by Crippen LogP contribution is -2.44. The lowest BCUT2D eigenvalue weighted by Gasteiger charge is -2.31. The number of aryl methyl sites for hydroxylation is 3. The fraction of sp³-hybridized carbons (Fsp3) is 0.476. The van der Waals surface area contributed by atoms with Crippen LogP contribution in [0.15, 0.2) is 23.2 Å². The van der Waals surface area contributed by atoms with Crippen molar-refractivity contribution in [2.45, 2.75) is 45.4 Å². The van der Waals surface area contributed by atoms with Crippen LogP contribution in [0.4, 0.5) is 5.82 Å². The molecule has 0 unspecified atom stereocenters. The van der Waals surface area contributed by atoms with Gasteiger partial charge in [0.2, 0.25) is 15.9 Å². The first-order valence-corrected chi connectivity index (χ1v) is 11.7. The number of rotatable bonds is 6.